The van der Waals surface area contributed by atoms with Crippen LogP contribution in [0.25, 0.3) is 0 Å². The number of carboxylic acids is 2. The van der Waals surface area contributed by atoms with Gasteiger partial charge in [-0.3, -0.25) is 0 Å². The first-order valence-electron chi connectivity index (χ1n) is 6.25. The van der Waals surface area contributed by atoms with E-state index < -0.39 is 24.1 Å². The minimum absolute atomic E-state index is 1.18. The van der Waals surface area contributed by atoms with Crippen molar-refractivity contribution in [3.8, 4) is 0 Å². The van der Waals surface area contributed by atoms with Crippen LogP contribution in [0.4, 0.5) is 0 Å². The van der Waals surface area contributed by atoms with E-state index >= 15 is 0 Å². The summed E-state index contributed by atoms with van der Waals surface area (Å²) in [4.78, 5) is 19.5. The van der Waals surface area contributed by atoms with Gasteiger partial charge in [0.25, 0.3) is 0 Å². The highest BCUT2D eigenvalue weighted by Crippen LogP contribution is 2.44. The van der Waals surface area contributed by atoms with Crippen molar-refractivity contribution in [2.45, 2.75) is 50.7 Å². The summed E-state index contributed by atoms with van der Waals surface area (Å²) >= 11 is 0. The van der Waals surface area contributed by atoms with E-state index in [-0.39, 0.29) is 0 Å². The summed E-state index contributed by atoms with van der Waals surface area (Å²) in [5.41, 5.74) is 0. The minimum atomic E-state index is -2.27. The summed E-state index contributed by atoms with van der Waals surface area (Å²) < 4.78 is 0. The topological polar surface area (TPSA) is 115 Å². The Bertz CT molecular complexity index is 273. The molecule has 0 radical (unpaired) electrons. The average Bonchev–Trinajstić information content (AvgIpc) is 2.29. The molecule has 2 aliphatic carbocycles. The summed E-state index contributed by atoms with van der Waals surface area (Å²) in [6, 6.07) is 0. The third kappa shape index (κ3) is 3.96. The summed E-state index contributed by atoms with van der Waals surface area (Å²) in [7, 11) is 0. The normalized spacial score (nSPS) is 28.8. The predicted molar refractivity (Wildman–Crippen MR) is 62.0 cm³/mol. The fraction of sp³-hybridized carbons (Fsp3) is 0.833. The first kappa shape index (κ1) is 14.9. The molecule has 2 fully saturated rings. The van der Waals surface area contributed by atoms with Crippen LogP contribution >= 0.6 is 0 Å². The lowest BCUT2D eigenvalue weighted by Gasteiger charge is -2.40. The second kappa shape index (κ2) is 6.70. The van der Waals surface area contributed by atoms with Crippen LogP contribution < -0.4 is 0 Å². The van der Waals surface area contributed by atoms with E-state index in [9.17, 15) is 9.59 Å². The van der Waals surface area contributed by atoms with Crippen LogP contribution in [0.3, 0.4) is 0 Å². The van der Waals surface area contributed by atoms with Crippen molar-refractivity contribution in [3.63, 3.8) is 0 Å². The van der Waals surface area contributed by atoms with Gasteiger partial charge in [-0.2, -0.15) is 0 Å². The SMILES string of the molecule is C1CCC2CCC2C1.O=C(O)C(O)C(O)C(=O)O. The second-order valence-electron chi connectivity index (χ2n) is 4.95. The van der Waals surface area contributed by atoms with Crippen molar-refractivity contribution >= 4 is 11.9 Å². The van der Waals surface area contributed by atoms with Crippen LogP contribution in [0.1, 0.15) is 38.5 Å². The molecule has 18 heavy (non-hydrogen) atoms. The number of aliphatic hydroxyl groups excluding tert-OH is 2. The number of hydrogen-bond acceptors (Lipinski definition) is 4. The summed E-state index contributed by atoms with van der Waals surface area (Å²) in [6.07, 6.45) is 4.77. The monoisotopic (exact) mass is 260 g/mol. The van der Waals surface area contributed by atoms with Crippen molar-refractivity contribution in [1.29, 1.82) is 0 Å². The highest BCUT2D eigenvalue weighted by Gasteiger charge is 2.32. The van der Waals surface area contributed by atoms with Gasteiger partial charge in [-0.25, -0.2) is 9.59 Å². The van der Waals surface area contributed by atoms with Crippen molar-refractivity contribution in [3.05, 3.63) is 0 Å². The maximum atomic E-state index is 9.77. The van der Waals surface area contributed by atoms with E-state index in [1.54, 1.807) is 25.7 Å². The highest BCUT2D eigenvalue weighted by atomic mass is 16.4. The van der Waals surface area contributed by atoms with Crippen molar-refractivity contribution in [2.75, 3.05) is 0 Å². The molecule has 4 atom stereocenters. The Kier molecular flexibility index (Phi) is 5.55. The van der Waals surface area contributed by atoms with Gasteiger partial charge in [-0.1, -0.05) is 25.7 Å². The van der Waals surface area contributed by atoms with Crippen LogP contribution in [-0.2, 0) is 9.59 Å². The van der Waals surface area contributed by atoms with Crippen LogP contribution in [0.5, 0.6) is 0 Å². The van der Waals surface area contributed by atoms with E-state index in [0.717, 1.165) is 0 Å². The number of carboxylic acid groups (broad SMARTS) is 2. The molecule has 0 aromatic heterocycles. The molecule has 0 aromatic carbocycles. The molecule has 2 rings (SSSR count). The van der Waals surface area contributed by atoms with Crippen molar-refractivity contribution in [1.82, 2.24) is 0 Å². The van der Waals surface area contributed by atoms with Gasteiger partial charge in [-0.15, -0.1) is 0 Å². The van der Waals surface area contributed by atoms with Gasteiger partial charge in [0.1, 0.15) is 0 Å². The average molecular weight is 260 g/mol. The maximum Gasteiger partial charge on any atom is 0.335 e. The number of hydrogen-bond donors (Lipinski definition) is 4. The van der Waals surface area contributed by atoms with E-state index in [4.69, 9.17) is 20.4 Å². The molecule has 0 aromatic rings. The fourth-order valence-corrected chi connectivity index (χ4v) is 2.48. The van der Waals surface area contributed by atoms with Gasteiger partial charge in [0.15, 0.2) is 12.2 Å². The van der Waals surface area contributed by atoms with E-state index in [1.807, 2.05) is 0 Å². The third-order valence-corrected chi connectivity index (χ3v) is 3.78. The van der Waals surface area contributed by atoms with E-state index in [2.05, 4.69) is 0 Å². The molecule has 0 heterocycles. The quantitative estimate of drug-likeness (QED) is 0.586. The number of carbonyl (C=O) groups is 2. The third-order valence-electron chi connectivity index (χ3n) is 3.78. The van der Waals surface area contributed by atoms with Crippen LogP contribution in [0.2, 0.25) is 0 Å². The lowest BCUT2D eigenvalue weighted by Crippen LogP contribution is -2.39. The summed E-state index contributed by atoms with van der Waals surface area (Å²) in [5.74, 6) is -1.17. The first-order chi connectivity index (χ1) is 8.43. The zero-order valence-corrected chi connectivity index (χ0v) is 10.2. The zero-order chi connectivity index (χ0) is 13.7. The van der Waals surface area contributed by atoms with E-state index in [1.165, 1.54) is 24.7 Å². The minimum Gasteiger partial charge on any atom is -0.479 e. The Labute approximate surface area is 105 Å². The molecule has 0 spiro atoms. The lowest BCUT2D eigenvalue weighted by molar-refractivity contribution is -0.165. The smallest absolute Gasteiger partial charge is 0.335 e. The summed E-state index contributed by atoms with van der Waals surface area (Å²) in [5, 5.41) is 32.5. The molecule has 0 aliphatic heterocycles. The van der Waals surface area contributed by atoms with Gasteiger partial charge >= 0.3 is 11.9 Å². The highest BCUT2D eigenvalue weighted by molar-refractivity contribution is 5.83. The lowest BCUT2D eigenvalue weighted by atomic mass is 9.66. The molecule has 6 nitrogen and oxygen atoms in total. The molecule has 4 unspecified atom stereocenters. The molecule has 4 N–H and O–H groups in total. The Morgan fingerprint density at radius 1 is 0.778 bits per heavy atom. The molecule has 0 bridgehead atoms. The zero-order valence-electron chi connectivity index (χ0n) is 10.2. The fourth-order valence-electron chi connectivity index (χ4n) is 2.48. The van der Waals surface area contributed by atoms with Crippen molar-refractivity contribution in [2.24, 2.45) is 11.8 Å². The van der Waals surface area contributed by atoms with Gasteiger partial charge in [0, 0.05) is 0 Å². The van der Waals surface area contributed by atoms with Gasteiger partial charge < -0.3 is 20.4 Å². The number of fused-ring (bicyclic) bond motifs is 1. The van der Waals surface area contributed by atoms with Gasteiger partial charge in [0.05, 0.1) is 0 Å². The Hall–Kier alpha value is -1.14. The van der Waals surface area contributed by atoms with Gasteiger partial charge in [0.2, 0.25) is 0 Å². The molecule has 6 heteroatoms. The largest absolute Gasteiger partial charge is 0.479 e. The second-order valence-corrected chi connectivity index (χ2v) is 4.95. The molecule has 104 valence electrons. The Morgan fingerprint density at radius 2 is 1.11 bits per heavy atom. The standard InChI is InChI=1S/C8H14.C4H6O6/c1-2-4-8-6-5-7(8)3-1;5-1(3(7)8)2(6)4(9)10/h7-8H,1-6H2;1-2,5-6H,(H,7,8)(H,9,10). The molecular formula is C12H20O6. The maximum absolute atomic E-state index is 9.77. The molecule has 2 aliphatic rings. The first-order valence-corrected chi connectivity index (χ1v) is 6.25. The molecular weight excluding hydrogens is 240 g/mol. The predicted octanol–water partition coefficient (Wildman–Crippen LogP) is 0.464. The molecule has 0 amide bonds. The Balaban J connectivity index is 0.000000182. The van der Waals surface area contributed by atoms with Crippen LogP contribution in [0, 0.1) is 11.8 Å². The summed E-state index contributed by atoms with van der Waals surface area (Å²) in [6.45, 7) is 0. The number of rotatable bonds is 3. The molecule has 2 saturated carbocycles. The van der Waals surface area contributed by atoms with Crippen molar-refractivity contribution < 1.29 is 30.0 Å². The van der Waals surface area contributed by atoms with E-state index in [0.29, 0.717) is 0 Å². The van der Waals surface area contributed by atoms with Crippen LogP contribution in [-0.4, -0.2) is 44.6 Å². The Morgan fingerprint density at radius 3 is 1.28 bits per heavy atom. The van der Waals surface area contributed by atoms with Crippen LogP contribution in [0.15, 0.2) is 0 Å². The number of aliphatic carboxylic acids is 2. The van der Waals surface area contributed by atoms with Gasteiger partial charge in [-0.05, 0) is 24.7 Å². The molecule has 0 saturated heterocycles. The number of aliphatic hydroxyl groups is 2.